The van der Waals surface area contributed by atoms with Gasteiger partial charge in [0.05, 0.1) is 5.69 Å². The fourth-order valence-corrected chi connectivity index (χ4v) is 2.78. The Balaban J connectivity index is 2.18. The molecule has 0 radical (unpaired) electrons. The van der Waals surface area contributed by atoms with Crippen molar-refractivity contribution in [3.63, 3.8) is 0 Å². The lowest BCUT2D eigenvalue weighted by Crippen LogP contribution is -2.36. The van der Waals surface area contributed by atoms with E-state index in [2.05, 4.69) is 50.0 Å². The standard InChI is InChI=1S/C17H28FN3/c1-17(2,3)19-11-13-7-6-8-15(18)16(13)21-10-9-14(12-21)20(4)5/h6-8,14,19H,9-12H2,1-5H3. The van der Waals surface area contributed by atoms with Gasteiger partial charge in [0.15, 0.2) is 0 Å². The van der Waals surface area contributed by atoms with Crippen LogP contribution in [0.15, 0.2) is 18.2 Å². The van der Waals surface area contributed by atoms with Gasteiger partial charge in [-0.25, -0.2) is 4.39 Å². The molecule has 21 heavy (non-hydrogen) atoms. The first kappa shape index (κ1) is 16.2. The molecule has 1 heterocycles. The monoisotopic (exact) mass is 293 g/mol. The molecule has 1 fully saturated rings. The number of para-hydroxylation sites is 1. The molecule has 3 nitrogen and oxygen atoms in total. The van der Waals surface area contributed by atoms with E-state index in [1.165, 1.54) is 0 Å². The number of anilines is 1. The summed E-state index contributed by atoms with van der Waals surface area (Å²) in [5.74, 6) is -0.109. The number of halogens is 1. The molecule has 118 valence electrons. The van der Waals surface area contributed by atoms with Gasteiger partial charge in [0.2, 0.25) is 0 Å². The van der Waals surface area contributed by atoms with E-state index in [-0.39, 0.29) is 11.4 Å². The highest BCUT2D eigenvalue weighted by Crippen LogP contribution is 2.29. The summed E-state index contributed by atoms with van der Waals surface area (Å²) in [6.45, 7) is 8.90. The van der Waals surface area contributed by atoms with Crippen molar-refractivity contribution in [3.05, 3.63) is 29.6 Å². The van der Waals surface area contributed by atoms with Gasteiger partial charge < -0.3 is 15.1 Å². The highest BCUT2D eigenvalue weighted by atomic mass is 19.1. The van der Waals surface area contributed by atoms with Gasteiger partial charge in [0.1, 0.15) is 5.82 Å². The van der Waals surface area contributed by atoms with Crippen molar-refractivity contribution in [3.8, 4) is 0 Å². The van der Waals surface area contributed by atoms with Crippen molar-refractivity contribution >= 4 is 5.69 Å². The van der Waals surface area contributed by atoms with Crippen molar-refractivity contribution in [1.29, 1.82) is 0 Å². The van der Waals surface area contributed by atoms with Crippen LogP contribution in [-0.4, -0.2) is 43.7 Å². The summed E-state index contributed by atoms with van der Waals surface area (Å²) >= 11 is 0. The summed E-state index contributed by atoms with van der Waals surface area (Å²) in [6.07, 6.45) is 1.09. The summed E-state index contributed by atoms with van der Waals surface area (Å²) < 4.78 is 14.4. The van der Waals surface area contributed by atoms with E-state index < -0.39 is 0 Å². The Labute approximate surface area is 128 Å². The molecule has 0 amide bonds. The van der Waals surface area contributed by atoms with Crippen LogP contribution < -0.4 is 10.2 Å². The first-order valence-corrected chi connectivity index (χ1v) is 7.72. The van der Waals surface area contributed by atoms with E-state index >= 15 is 0 Å². The fraction of sp³-hybridized carbons (Fsp3) is 0.647. The van der Waals surface area contributed by atoms with Gasteiger partial charge in [-0.15, -0.1) is 0 Å². The summed E-state index contributed by atoms with van der Waals surface area (Å²) in [5, 5.41) is 3.46. The number of benzene rings is 1. The Hall–Kier alpha value is -1.13. The SMILES string of the molecule is CN(C)C1CCN(c2c(F)cccc2CNC(C)(C)C)C1. The molecule has 2 rings (SSSR count). The zero-order chi connectivity index (χ0) is 15.6. The molecule has 0 aliphatic carbocycles. The number of nitrogens with zero attached hydrogens (tertiary/aromatic N) is 2. The van der Waals surface area contributed by atoms with Crippen molar-refractivity contribution < 1.29 is 4.39 Å². The molecule has 1 aromatic rings. The molecule has 1 saturated heterocycles. The molecule has 1 N–H and O–H groups in total. The van der Waals surface area contributed by atoms with Gasteiger partial charge in [0.25, 0.3) is 0 Å². The van der Waals surface area contributed by atoms with Crippen LogP contribution in [0, 0.1) is 5.82 Å². The van der Waals surface area contributed by atoms with Gasteiger partial charge in [-0.3, -0.25) is 0 Å². The number of rotatable bonds is 4. The number of hydrogen-bond acceptors (Lipinski definition) is 3. The first-order chi connectivity index (χ1) is 9.78. The molecule has 0 spiro atoms. The molecular formula is C17H28FN3. The molecule has 1 aliphatic heterocycles. The summed E-state index contributed by atoms with van der Waals surface area (Å²) in [4.78, 5) is 4.42. The minimum Gasteiger partial charge on any atom is -0.367 e. The van der Waals surface area contributed by atoms with E-state index in [9.17, 15) is 4.39 Å². The predicted molar refractivity (Wildman–Crippen MR) is 87.3 cm³/mol. The molecule has 0 aromatic heterocycles. The van der Waals surface area contributed by atoms with E-state index in [1.807, 2.05) is 6.07 Å². The second-order valence-corrected chi connectivity index (χ2v) is 7.20. The van der Waals surface area contributed by atoms with Gasteiger partial charge in [0, 0.05) is 31.2 Å². The Morgan fingerprint density at radius 3 is 2.62 bits per heavy atom. The lowest BCUT2D eigenvalue weighted by atomic mass is 10.1. The lowest BCUT2D eigenvalue weighted by Gasteiger charge is -2.26. The Bertz CT molecular complexity index is 479. The summed E-state index contributed by atoms with van der Waals surface area (Å²) in [7, 11) is 4.19. The smallest absolute Gasteiger partial charge is 0.146 e. The Kier molecular flexibility index (Phi) is 4.89. The third kappa shape index (κ3) is 4.17. The minimum atomic E-state index is -0.109. The molecule has 1 aromatic carbocycles. The van der Waals surface area contributed by atoms with Gasteiger partial charge in [-0.1, -0.05) is 12.1 Å². The van der Waals surface area contributed by atoms with E-state index in [4.69, 9.17) is 0 Å². The van der Waals surface area contributed by atoms with Gasteiger partial charge in [-0.05, 0) is 52.9 Å². The van der Waals surface area contributed by atoms with Crippen LogP contribution in [0.3, 0.4) is 0 Å². The zero-order valence-corrected chi connectivity index (χ0v) is 13.9. The second-order valence-electron chi connectivity index (χ2n) is 7.20. The zero-order valence-electron chi connectivity index (χ0n) is 13.9. The summed E-state index contributed by atoms with van der Waals surface area (Å²) in [6, 6.07) is 5.91. The molecule has 0 saturated carbocycles. The normalized spacial score (nSPS) is 19.6. The van der Waals surface area contributed by atoms with Crippen LogP contribution >= 0.6 is 0 Å². The lowest BCUT2D eigenvalue weighted by molar-refractivity contribution is 0.315. The molecular weight excluding hydrogens is 265 g/mol. The fourth-order valence-electron chi connectivity index (χ4n) is 2.78. The van der Waals surface area contributed by atoms with Crippen molar-refractivity contribution in [2.75, 3.05) is 32.1 Å². The first-order valence-electron chi connectivity index (χ1n) is 7.72. The Morgan fingerprint density at radius 2 is 2.05 bits per heavy atom. The van der Waals surface area contributed by atoms with Gasteiger partial charge in [-0.2, -0.15) is 0 Å². The predicted octanol–water partition coefficient (Wildman–Crippen LogP) is 2.85. The number of likely N-dealkylation sites (N-methyl/N-ethyl adjacent to an activating group) is 1. The van der Waals surface area contributed by atoms with Crippen LogP contribution in [0.2, 0.25) is 0 Å². The van der Waals surface area contributed by atoms with Crippen molar-refractivity contribution in [2.45, 2.75) is 45.3 Å². The third-order valence-corrected chi connectivity index (χ3v) is 4.09. The highest BCUT2D eigenvalue weighted by Gasteiger charge is 2.27. The van der Waals surface area contributed by atoms with Crippen LogP contribution in [0.5, 0.6) is 0 Å². The summed E-state index contributed by atoms with van der Waals surface area (Å²) in [5.41, 5.74) is 1.85. The molecule has 0 bridgehead atoms. The van der Waals surface area contributed by atoms with E-state index in [1.54, 1.807) is 12.1 Å². The van der Waals surface area contributed by atoms with Crippen molar-refractivity contribution in [1.82, 2.24) is 10.2 Å². The highest BCUT2D eigenvalue weighted by molar-refractivity contribution is 5.56. The number of hydrogen-bond donors (Lipinski definition) is 1. The molecule has 1 unspecified atom stereocenters. The third-order valence-electron chi connectivity index (χ3n) is 4.09. The van der Waals surface area contributed by atoms with Crippen LogP contribution in [0.1, 0.15) is 32.8 Å². The Morgan fingerprint density at radius 1 is 1.33 bits per heavy atom. The molecule has 1 aliphatic rings. The quantitative estimate of drug-likeness (QED) is 0.921. The second kappa shape index (κ2) is 6.32. The van der Waals surface area contributed by atoms with E-state index in [0.717, 1.165) is 30.8 Å². The molecule has 4 heteroatoms. The molecule has 1 atom stereocenters. The maximum absolute atomic E-state index is 14.4. The number of nitrogens with one attached hydrogen (secondary N) is 1. The van der Waals surface area contributed by atoms with Crippen molar-refractivity contribution in [2.24, 2.45) is 0 Å². The van der Waals surface area contributed by atoms with Crippen LogP contribution in [0.25, 0.3) is 0 Å². The van der Waals surface area contributed by atoms with Gasteiger partial charge >= 0.3 is 0 Å². The topological polar surface area (TPSA) is 18.5 Å². The maximum atomic E-state index is 14.4. The minimum absolute atomic E-state index is 0.0285. The maximum Gasteiger partial charge on any atom is 0.146 e. The van der Waals surface area contributed by atoms with Crippen LogP contribution in [0.4, 0.5) is 10.1 Å². The van der Waals surface area contributed by atoms with Crippen LogP contribution in [-0.2, 0) is 6.54 Å². The largest absolute Gasteiger partial charge is 0.367 e. The average molecular weight is 293 g/mol. The van der Waals surface area contributed by atoms with E-state index in [0.29, 0.717) is 12.6 Å². The average Bonchev–Trinajstić information content (AvgIpc) is 2.85.